The fourth-order valence-electron chi connectivity index (χ4n) is 3.12. The molecule has 142 valence electrons. The van der Waals surface area contributed by atoms with E-state index in [1.807, 2.05) is 11.3 Å². The Morgan fingerprint density at radius 1 is 0.704 bits per heavy atom. The molecular weight excluding hydrogens is 348 g/mol. The Balaban J connectivity index is 1.83. The highest BCUT2D eigenvalue weighted by molar-refractivity contribution is 7.25. The second kappa shape index (κ2) is 9.32. The first kappa shape index (κ1) is 19.8. The monoisotopic (exact) mass is 378 g/mol. The maximum Gasteiger partial charge on any atom is 0.0355 e. The van der Waals surface area contributed by atoms with Crippen LogP contribution in [0.4, 0.5) is 0 Å². The van der Waals surface area contributed by atoms with Crippen molar-refractivity contribution in [2.75, 3.05) is 41.3 Å². The smallest absolute Gasteiger partial charge is 0.0355 e. The number of fused-ring (bicyclic) bond motifs is 3. The van der Waals surface area contributed by atoms with E-state index >= 15 is 0 Å². The summed E-state index contributed by atoms with van der Waals surface area (Å²) in [5.74, 6) is 0. The molecule has 0 radical (unpaired) electrons. The molecule has 0 fully saturated rings. The summed E-state index contributed by atoms with van der Waals surface area (Å²) in [6.45, 7) is 2.17. The maximum absolute atomic E-state index is 2.33. The van der Waals surface area contributed by atoms with E-state index in [-0.39, 0.29) is 0 Å². The minimum Gasteiger partial charge on any atom is -0.309 e. The summed E-state index contributed by atoms with van der Waals surface area (Å²) >= 11 is 1.88. The van der Waals surface area contributed by atoms with Crippen LogP contribution in [-0.2, 0) is 0 Å². The third kappa shape index (κ3) is 5.52. The molecule has 3 aromatic rings. The SMILES string of the molecule is CN(C)CCC=Cc1ccc2sc3ccc(C=CCCN(C)C)cc3c2c1. The molecule has 0 aliphatic heterocycles. The molecule has 0 N–H and O–H groups in total. The van der Waals surface area contributed by atoms with Crippen LogP contribution in [0.1, 0.15) is 24.0 Å². The molecule has 0 amide bonds. The zero-order valence-corrected chi connectivity index (χ0v) is 17.7. The van der Waals surface area contributed by atoms with E-state index in [0.29, 0.717) is 0 Å². The van der Waals surface area contributed by atoms with Crippen molar-refractivity contribution in [2.45, 2.75) is 12.8 Å². The van der Waals surface area contributed by atoms with Gasteiger partial charge in [-0.1, -0.05) is 36.4 Å². The Morgan fingerprint density at radius 3 is 1.56 bits per heavy atom. The van der Waals surface area contributed by atoms with E-state index in [2.05, 4.69) is 98.7 Å². The van der Waals surface area contributed by atoms with Crippen molar-refractivity contribution in [1.82, 2.24) is 9.80 Å². The molecule has 3 rings (SSSR count). The summed E-state index contributed by atoms with van der Waals surface area (Å²) in [5.41, 5.74) is 2.57. The van der Waals surface area contributed by atoms with Crippen LogP contribution < -0.4 is 0 Å². The quantitative estimate of drug-likeness (QED) is 0.475. The van der Waals surface area contributed by atoms with Crippen LogP contribution in [0.5, 0.6) is 0 Å². The molecule has 2 nitrogen and oxygen atoms in total. The first-order valence-corrected chi connectivity index (χ1v) is 10.4. The van der Waals surface area contributed by atoms with Crippen molar-refractivity contribution in [1.29, 1.82) is 0 Å². The van der Waals surface area contributed by atoms with Crippen LogP contribution in [0.2, 0.25) is 0 Å². The molecule has 27 heavy (non-hydrogen) atoms. The Morgan fingerprint density at radius 2 is 1.15 bits per heavy atom. The largest absolute Gasteiger partial charge is 0.309 e. The van der Waals surface area contributed by atoms with Crippen molar-refractivity contribution in [3.63, 3.8) is 0 Å². The minimum atomic E-state index is 1.08. The second-order valence-corrected chi connectivity index (χ2v) is 8.69. The summed E-state index contributed by atoms with van der Waals surface area (Å²) in [6.07, 6.45) is 11.2. The van der Waals surface area contributed by atoms with Crippen LogP contribution in [0.3, 0.4) is 0 Å². The average molecular weight is 379 g/mol. The van der Waals surface area contributed by atoms with Crippen LogP contribution in [0.25, 0.3) is 32.3 Å². The van der Waals surface area contributed by atoms with Gasteiger partial charge in [-0.3, -0.25) is 0 Å². The minimum absolute atomic E-state index is 1.08. The normalized spacial score (nSPS) is 12.7. The number of benzene rings is 2. The van der Waals surface area contributed by atoms with E-state index in [9.17, 15) is 0 Å². The van der Waals surface area contributed by atoms with Crippen molar-refractivity contribution < 1.29 is 0 Å². The third-order valence-electron chi connectivity index (χ3n) is 4.62. The lowest BCUT2D eigenvalue weighted by molar-refractivity contribution is 0.417. The van der Waals surface area contributed by atoms with Gasteiger partial charge in [0.05, 0.1) is 0 Å². The number of rotatable bonds is 8. The zero-order chi connectivity index (χ0) is 19.2. The molecule has 0 bridgehead atoms. The highest BCUT2D eigenvalue weighted by atomic mass is 32.1. The molecule has 0 saturated carbocycles. The molecule has 0 atom stereocenters. The van der Waals surface area contributed by atoms with Crippen LogP contribution in [0.15, 0.2) is 48.6 Å². The van der Waals surface area contributed by atoms with Crippen molar-refractivity contribution in [2.24, 2.45) is 0 Å². The highest BCUT2D eigenvalue weighted by Gasteiger charge is 2.05. The molecule has 0 aliphatic carbocycles. The number of thiophene rings is 1. The summed E-state index contributed by atoms with van der Waals surface area (Å²) in [5, 5.41) is 2.74. The first-order valence-electron chi connectivity index (χ1n) is 9.62. The number of hydrogen-bond acceptors (Lipinski definition) is 3. The first-order chi connectivity index (χ1) is 13.0. The van der Waals surface area contributed by atoms with Gasteiger partial charge in [0.1, 0.15) is 0 Å². The molecule has 0 saturated heterocycles. The van der Waals surface area contributed by atoms with E-state index < -0.39 is 0 Å². The van der Waals surface area contributed by atoms with E-state index in [1.54, 1.807) is 0 Å². The fourth-order valence-corrected chi connectivity index (χ4v) is 4.19. The van der Waals surface area contributed by atoms with Gasteiger partial charge < -0.3 is 9.80 Å². The van der Waals surface area contributed by atoms with E-state index in [4.69, 9.17) is 0 Å². The predicted octanol–water partition coefficient (Wildman–Crippen LogP) is 5.98. The topological polar surface area (TPSA) is 6.48 Å². The molecule has 1 aromatic heterocycles. The third-order valence-corrected chi connectivity index (χ3v) is 5.78. The van der Waals surface area contributed by atoms with Gasteiger partial charge in [-0.25, -0.2) is 0 Å². The average Bonchev–Trinajstić information content (AvgIpc) is 2.99. The number of nitrogens with zero attached hydrogens (tertiary/aromatic N) is 2. The Kier molecular flexibility index (Phi) is 6.84. The maximum atomic E-state index is 2.33. The van der Waals surface area contributed by atoms with Gasteiger partial charge in [0, 0.05) is 33.3 Å². The molecule has 0 spiro atoms. The fraction of sp³-hybridized carbons (Fsp3) is 0.333. The second-order valence-electron chi connectivity index (χ2n) is 7.60. The van der Waals surface area contributed by atoms with Crippen LogP contribution >= 0.6 is 11.3 Å². The highest BCUT2D eigenvalue weighted by Crippen LogP contribution is 2.35. The zero-order valence-electron chi connectivity index (χ0n) is 16.9. The molecule has 1 heterocycles. The molecule has 2 aromatic carbocycles. The van der Waals surface area contributed by atoms with Gasteiger partial charge in [0.2, 0.25) is 0 Å². The van der Waals surface area contributed by atoms with Gasteiger partial charge >= 0.3 is 0 Å². The lowest BCUT2D eigenvalue weighted by Gasteiger charge is -2.05. The summed E-state index contributed by atoms with van der Waals surface area (Å²) in [4.78, 5) is 4.43. The Labute approximate surface area is 167 Å². The van der Waals surface area contributed by atoms with Gasteiger partial charge in [0.25, 0.3) is 0 Å². The molecule has 0 aliphatic rings. The van der Waals surface area contributed by atoms with E-state index in [1.165, 1.54) is 31.3 Å². The predicted molar refractivity (Wildman–Crippen MR) is 124 cm³/mol. The lowest BCUT2D eigenvalue weighted by atomic mass is 10.1. The standard InChI is InChI=1S/C24H30N2S/c1-25(2)15-7-5-9-19-11-13-23-21(17-19)22-18-20(12-14-24(22)27-23)10-6-8-16-26(3)4/h5-6,9-14,17-18H,7-8,15-16H2,1-4H3. The van der Waals surface area contributed by atoms with E-state index in [0.717, 1.165) is 25.9 Å². The summed E-state index contributed by atoms with van der Waals surface area (Å²) in [7, 11) is 8.46. The lowest BCUT2D eigenvalue weighted by Crippen LogP contribution is -2.11. The van der Waals surface area contributed by atoms with Gasteiger partial charge in [-0.15, -0.1) is 11.3 Å². The molecular formula is C24H30N2S. The molecule has 0 unspecified atom stereocenters. The summed E-state index contributed by atoms with van der Waals surface area (Å²) in [6, 6.07) is 13.6. The number of hydrogen-bond donors (Lipinski definition) is 0. The van der Waals surface area contributed by atoms with Gasteiger partial charge in [0.15, 0.2) is 0 Å². The van der Waals surface area contributed by atoms with Crippen molar-refractivity contribution >= 4 is 43.7 Å². The van der Waals surface area contributed by atoms with Crippen molar-refractivity contribution in [3.05, 3.63) is 59.7 Å². The van der Waals surface area contributed by atoms with Crippen molar-refractivity contribution in [3.8, 4) is 0 Å². The molecule has 3 heteroatoms. The van der Waals surface area contributed by atoms with Crippen LogP contribution in [0, 0.1) is 0 Å². The Bertz CT molecular complexity index is 871. The van der Waals surface area contributed by atoms with Crippen LogP contribution in [-0.4, -0.2) is 51.1 Å². The van der Waals surface area contributed by atoms with Gasteiger partial charge in [-0.05, 0) is 76.4 Å². The van der Waals surface area contributed by atoms with Gasteiger partial charge in [-0.2, -0.15) is 0 Å². The summed E-state index contributed by atoms with van der Waals surface area (Å²) < 4.78 is 2.73. The Hall–Kier alpha value is -1.94.